The Morgan fingerprint density at radius 3 is 2.91 bits per heavy atom. The van der Waals surface area contributed by atoms with Crippen LogP contribution < -0.4 is 15.0 Å². The van der Waals surface area contributed by atoms with Crippen molar-refractivity contribution < 1.29 is 14.3 Å². The first-order valence-electron chi connectivity index (χ1n) is 7.91. The molecule has 0 aliphatic carbocycles. The Hall–Kier alpha value is -2.08. The minimum Gasteiger partial charge on any atom is -0.491 e. The zero-order valence-electron chi connectivity index (χ0n) is 14.1. The van der Waals surface area contributed by atoms with Gasteiger partial charge in [-0.15, -0.1) is 0 Å². The van der Waals surface area contributed by atoms with Gasteiger partial charge in [0.05, 0.1) is 25.1 Å². The van der Waals surface area contributed by atoms with E-state index in [1.165, 1.54) is 0 Å². The molecule has 23 heavy (non-hydrogen) atoms. The van der Waals surface area contributed by atoms with Crippen LogP contribution in [0.15, 0.2) is 18.2 Å². The molecule has 0 atom stereocenters. The molecule has 1 aliphatic rings. The number of nitrogens with one attached hydrogen (secondary N) is 1. The molecule has 6 nitrogen and oxygen atoms in total. The number of carbonyl (C=O) groups is 2. The van der Waals surface area contributed by atoms with Gasteiger partial charge in [0.15, 0.2) is 0 Å². The molecule has 1 aromatic carbocycles. The third kappa shape index (κ3) is 4.96. The fraction of sp³-hybridized carbons (Fsp3) is 0.529. The topological polar surface area (TPSA) is 61.9 Å². The van der Waals surface area contributed by atoms with Gasteiger partial charge in [-0.2, -0.15) is 0 Å². The molecule has 126 valence electrons. The molecule has 2 amide bonds. The van der Waals surface area contributed by atoms with Gasteiger partial charge in [0.1, 0.15) is 5.75 Å². The summed E-state index contributed by atoms with van der Waals surface area (Å²) in [6.07, 6.45) is 1.60. The minimum atomic E-state index is -0.00720. The van der Waals surface area contributed by atoms with Gasteiger partial charge in [0.2, 0.25) is 11.8 Å². The van der Waals surface area contributed by atoms with Crippen molar-refractivity contribution in [3.05, 3.63) is 23.8 Å². The Morgan fingerprint density at radius 1 is 1.39 bits per heavy atom. The monoisotopic (exact) mass is 319 g/mol. The Balaban J connectivity index is 1.95. The van der Waals surface area contributed by atoms with Crippen LogP contribution in [0.1, 0.15) is 18.4 Å². The van der Waals surface area contributed by atoms with Crippen LogP contribution in [0.25, 0.3) is 0 Å². The first-order valence-corrected chi connectivity index (χ1v) is 7.91. The molecule has 0 spiro atoms. The number of amides is 2. The number of hydrogen-bond acceptors (Lipinski definition) is 4. The molecule has 6 heteroatoms. The first kappa shape index (κ1) is 17.3. The van der Waals surface area contributed by atoms with Crippen molar-refractivity contribution in [3.63, 3.8) is 0 Å². The maximum atomic E-state index is 12.0. The molecule has 0 saturated heterocycles. The standard InChI is InChI=1S/C17H25N3O3/c1-19(2)9-4-8-18-16(21)12-13-5-6-15-14(11-13)20(3)17(22)7-10-23-15/h5-6,11H,4,7-10,12H2,1-3H3,(H,18,21). The highest BCUT2D eigenvalue weighted by molar-refractivity contribution is 5.95. The fourth-order valence-corrected chi connectivity index (χ4v) is 2.48. The average molecular weight is 319 g/mol. The van der Waals surface area contributed by atoms with Gasteiger partial charge in [0, 0.05) is 13.6 Å². The van der Waals surface area contributed by atoms with E-state index in [1.807, 2.05) is 32.3 Å². The smallest absolute Gasteiger partial charge is 0.230 e. The van der Waals surface area contributed by atoms with Crippen molar-refractivity contribution in [1.29, 1.82) is 0 Å². The zero-order chi connectivity index (χ0) is 16.8. The second-order valence-electron chi connectivity index (χ2n) is 6.04. The van der Waals surface area contributed by atoms with Gasteiger partial charge in [-0.3, -0.25) is 9.59 Å². The highest BCUT2D eigenvalue weighted by Gasteiger charge is 2.20. The molecule has 0 fully saturated rings. The van der Waals surface area contributed by atoms with Crippen LogP contribution in [-0.2, 0) is 16.0 Å². The van der Waals surface area contributed by atoms with Crippen molar-refractivity contribution in [1.82, 2.24) is 10.2 Å². The Morgan fingerprint density at radius 2 is 2.17 bits per heavy atom. The molecule has 0 radical (unpaired) electrons. The van der Waals surface area contributed by atoms with Gasteiger partial charge >= 0.3 is 0 Å². The lowest BCUT2D eigenvalue weighted by Crippen LogP contribution is -2.28. The Kier molecular flexibility index (Phi) is 5.98. The molecular formula is C17H25N3O3. The molecule has 2 rings (SSSR count). The predicted molar refractivity (Wildman–Crippen MR) is 89.8 cm³/mol. The number of fused-ring (bicyclic) bond motifs is 1. The summed E-state index contributed by atoms with van der Waals surface area (Å²) in [4.78, 5) is 27.6. The van der Waals surface area contributed by atoms with Crippen LogP contribution in [0, 0.1) is 0 Å². The molecule has 0 saturated carbocycles. The molecular weight excluding hydrogens is 294 g/mol. The Labute approximate surface area is 137 Å². The maximum Gasteiger partial charge on any atom is 0.230 e. The maximum absolute atomic E-state index is 12.0. The van der Waals surface area contributed by atoms with Crippen LogP contribution in [0.5, 0.6) is 5.75 Å². The van der Waals surface area contributed by atoms with Crippen LogP contribution in [0.4, 0.5) is 5.69 Å². The van der Waals surface area contributed by atoms with Crippen LogP contribution in [-0.4, -0.2) is 57.6 Å². The lowest BCUT2D eigenvalue weighted by atomic mass is 10.1. The first-order chi connectivity index (χ1) is 11.0. The molecule has 0 bridgehead atoms. The molecule has 0 aromatic heterocycles. The van der Waals surface area contributed by atoms with Crippen molar-refractivity contribution in [2.75, 3.05) is 45.7 Å². The Bertz CT molecular complexity index is 572. The van der Waals surface area contributed by atoms with E-state index in [4.69, 9.17) is 4.74 Å². The lowest BCUT2D eigenvalue weighted by Gasteiger charge is -2.17. The summed E-state index contributed by atoms with van der Waals surface area (Å²) in [6, 6.07) is 5.57. The normalized spacial score (nSPS) is 14.3. The van der Waals surface area contributed by atoms with E-state index >= 15 is 0 Å². The number of anilines is 1. The molecule has 1 aliphatic heterocycles. The van der Waals surface area contributed by atoms with Crippen molar-refractivity contribution >= 4 is 17.5 Å². The van der Waals surface area contributed by atoms with E-state index in [2.05, 4.69) is 10.2 Å². The van der Waals surface area contributed by atoms with Crippen molar-refractivity contribution in [2.45, 2.75) is 19.3 Å². The number of rotatable bonds is 6. The third-order valence-corrected chi connectivity index (χ3v) is 3.80. The minimum absolute atomic E-state index is 0.00720. The van der Waals surface area contributed by atoms with Crippen LogP contribution in [0.2, 0.25) is 0 Å². The van der Waals surface area contributed by atoms with Gasteiger partial charge < -0.3 is 19.9 Å². The summed E-state index contributed by atoms with van der Waals surface area (Å²) in [5.74, 6) is 0.703. The SMILES string of the molecule is CN(C)CCCNC(=O)Cc1ccc2c(c1)N(C)C(=O)CCO2. The number of hydrogen-bond donors (Lipinski definition) is 1. The number of ether oxygens (including phenoxy) is 1. The van der Waals surface area contributed by atoms with E-state index in [0.29, 0.717) is 31.7 Å². The summed E-state index contributed by atoms with van der Waals surface area (Å²) in [6.45, 7) is 2.01. The van der Waals surface area contributed by atoms with E-state index in [9.17, 15) is 9.59 Å². The van der Waals surface area contributed by atoms with Crippen LogP contribution >= 0.6 is 0 Å². The van der Waals surface area contributed by atoms with Crippen molar-refractivity contribution in [3.8, 4) is 5.75 Å². The highest BCUT2D eigenvalue weighted by Crippen LogP contribution is 2.31. The molecule has 1 heterocycles. The van der Waals surface area contributed by atoms with Crippen molar-refractivity contribution in [2.24, 2.45) is 0 Å². The summed E-state index contributed by atoms with van der Waals surface area (Å²) < 4.78 is 5.58. The van der Waals surface area contributed by atoms with E-state index in [-0.39, 0.29) is 11.8 Å². The quantitative estimate of drug-likeness (QED) is 0.796. The number of carbonyl (C=O) groups excluding carboxylic acids is 2. The van der Waals surface area contributed by atoms with Gasteiger partial charge in [-0.25, -0.2) is 0 Å². The third-order valence-electron chi connectivity index (χ3n) is 3.80. The van der Waals surface area contributed by atoms with Crippen LogP contribution in [0.3, 0.4) is 0 Å². The number of benzene rings is 1. The second-order valence-corrected chi connectivity index (χ2v) is 6.04. The predicted octanol–water partition coefficient (Wildman–Crippen LogP) is 1.04. The van der Waals surface area contributed by atoms with Gasteiger partial charge in [-0.05, 0) is 44.8 Å². The van der Waals surface area contributed by atoms with Gasteiger partial charge in [0.25, 0.3) is 0 Å². The largest absolute Gasteiger partial charge is 0.491 e. The van der Waals surface area contributed by atoms with E-state index < -0.39 is 0 Å². The molecule has 0 unspecified atom stereocenters. The van der Waals surface area contributed by atoms with E-state index in [0.717, 1.165) is 24.2 Å². The summed E-state index contributed by atoms with van der Waals surface area (Å²) in [5, 5.41) is 2.92. The number of nitrogens with zero attached hydrogens (tertiary/aromatic N) is 2. The summed E-state index contributed by atoms with van der Waals surface area (Å²) in [5.41, 5.74) is 1.60. The average Bonchev–Trinajstić information content (AvgIpc) is 2.64. The summed E-state index contributed by atoms with van der Waals surface area (Å²) in [7, 11) is 5.76. The van der Waals surface area contributed by atoms with E-state index in [1.54, 1.807) is 11.9 Å². The highest BCUT2D eigenvalue weighted by atomic mass is 16.5. The second kappa shape index (κ2) is 7.97. The van der Waals surface area contributed by atoms with Gasteiger partial charge in [-0.1, -0.05) is 6.07 Å². The zero-order valence-corrected chi connectivity index (χ0v) is 14.1. The summed E-state index contributed by atoms with van der Waals surface area (Å²) >= 11 is 0. The fourth-order valence-electron chi connectivity index (χ4n) is 2.48. The lowest BCUT2D eigenvalue weighted by molar-refractivity contribution is -0.120. The molecule has 1 N–H and O–H groups in total. The molecule has 1 aromatic rings.